The number of ether oxygens (including phenoxy) is 1. The van der Waals surface area contributed by atoms with E-state index in [1.807, 2.05) is 11.0 Å². The van der Waals surface area contributed by atoms with Crippen LogP contribution in [0, 0.1) is 11.7 Å². The van der Waals surface area contributed by atoms with Crippen molar-refractivity contribution >= 4 is 41.0 Å². The van der Waals surface area contributed by atoms with Gasteiger partial charge in [0, 0.05) is 32.4 Å². The highest BCUT2D eigenvalue weighted by molar-refractivity contribution is 6.42. The lowest BCUT2D eigenvalue weighted by Crippen LogP contribution is -2.44. The quantitative estimate of drug-likeness (QED) is 0.488. The molecular weight excluding hydrogens is 494 g/mol. The Morgan fingerprint density at radius 1 is 1.09 bits per heavy atom. The summed E-state index contributed by atoms with van der Waals surface area (Å²) in [7, 11) is 1.25. The third kappa shape index (κ3) is 8.22. The lowest BCUT2D eigenvalue weighted by atomic mass is 9.92. The van der Waals surface area contributed by atoms with Gasteiger partial charge in [-0.15, -0.1) is 0 Å². The molecule has 0 saturated carbocycles. The van der Waals surface area contributed by atoms with Crippen LogP contribution in [0.3, 0.4) is 0 Å². The maximum Gasteiger partial charge on any atom is 0.328 e. The number of rotatable bonds is 9. The van der Waals surface area contributed by atoms with Crippen molar-refractivity contribution in [3.8, 4) is 0 Å². The van der Waals surface area contributed by atoms with Gasteiger partial charge in [0.1, 0.15) is 11.9 Å². The number of piperidine rings is 1. The first kappa shape index (κ1) is 27.0. The number of halogens is 3. The first-order chi connectivity index (χ1) is 16.7. The topological polar surface area (TPSA) is 75.7 Å². The average Bonchev–Trinajstić information content (AvgIpc) is 2.84. The second-order valence-corrected chi connectivity index (χ2v) is 9.57. The maximum absolute atomic E-state index is 13.5. The van der Waals surface area contributed by atoms with Gasteiger partial charge < -0.3 is 15.0 Å². The molecule has 1 atom stereocenters. The summed E-state index contributed by atoms with van der Waals surface area (Å²) in [5.74, 6) is -1.07. The number of nitrogens with zero attached hydrogens (tertiary/aromatic N) is 1. The fraction of sp³-hybridized carbons (Fsp3) is 0.423. The number of likely N-dealkylation sites (tertiary alicyclic amines) is 1. The van der Waals surface area contributed by atoms with Crippen molar-refractivity contribution in [1.29, 1.82) is 0 Å². The lowest BCUT2D eigenvalue weighted by molar-refractivity contribution is -0.145. The molecular formula is C26H29Cl2FN2O4. The molecule has 1 N–H and O–H groups in total. The molecule has 0 aromatic heterocycles. The molecule has 6 nitrogen and oxygen atoms in total. The van der Waals surface area contributed by atoms with Gasteiger partial charge in [0.05, 0.1) is 17.2 Å². The zero-order valence-corrected chi connectivity index (χ0v) is 21.1. The van der Waals surface area contributed by atoms with Gasteiger partial charge in [0.15, 0.2) is 0 Å². The van der Waals surface area contributed by atoms with E-state index in [1.54, 1.807) is 24.3 Å². The van der Waals surface area contributed by atoms with Crippen LogP contribution in [0.25, 0.3) is 0 Å². The zero-order chi connectivity index (χ0) is 25.4. The van der Waals surface area contributed by atoms with E-state index < -0.39 is 17.8 Å². The predicted octanol–water partition coefficient (Wildman–Crippen LogP) is 4.59. The summed E-state index contributed by atoms with van der Waals surface area (Å²) in [5.41, 5.74) is 1.55. The Morgan fingerprint density at radius 3 is 2.49 bits per heavy atom. The number of nitrogens with one attached hydrogen (secondary N) is 1. The lowest BCUT2D eigenvalue weighted by Gasteiger charge is -2.32. The first-order valence-corrected chi connectivity index (χ1v) is 12.3. The highest BCUT2D eigenvalue weighted by Crippen LogP contribution is 2.24. The molecule has 1 heterocycles. The highest BCUT2D eigenvalue weighted by atomic mass is 35.5. The normalized spacial score (nSPS) is 14.9. The van der Waals surface area contributed by atoms with Crippen molar-refractivity contribution in [2.45, 2.75) is 44.6 Å². The van der Waals surface area contributed by atoms with Gasteiger partial charge in [-0.3, -0.25) is 9.59 Å². The molecule has 0 bridgehead atoms. The van der Waals surface area contributed by atoms with Gasteiger partial charge in [0.2, 0.25) is 11.8 Å². The molecule has 3 rings (SSSR count). The average molecular weight is 523 g/mol. The zero-order valence-electron chi connectivity index (χ0n) is 19.6. The highest BCUT2D eigenvalue weighted by Gasteiger charge is 2.27. The smallest absolute Gasteiger partial charge is 0.328 e. The number of benzene rings is 2. The van der Waals surface area contributed by atoms with E-state index >= 15 is 0 Å². The van der Waals surface area contributed by atoms with Gasteiger partial charge in [-0.05, 0) is 60.6 Å². The van der Waals surface area contributed by atoms with E-state index in [2.05, 4.69) is 5.32 Å². The van der Waals surface area contributed by atoms with Gasteiger partial charge in [-0.1, -0.05) is 41.4 Å². The summed E-state index contributed by atoms with van der Waals surface area (Å²) < 4.78 is 18.3. The van der Waals surface area contributed by atoms with Crippen molar-refractivity contribution in [2.24, 2.45) is 5.92 Å². The number of hydrogen-bond donors (Lipinski definition) is 1. The van der Waals surface area contributed by atoms with E-state index in [0.717, 1.165) is 5.56 Å². The Hall–Kier alpha value is -2.64. The second kappa shape index (κ2) is 12.9. The molecule has 1 fully saturated rings. The summed E-state index contributed by atoms with van der Waals surface area (Å²) in [6.45, 7) is 1.17. The van der Waals surface area contributed by atoms with Crippen LogP contribution in [0.5, 0.6) is 0 Å². The molecule has 35 heavy (non-hydrogen) atoms. The van der Waals surface area contributed by atoms with E-state index in [4.69, 9.17) is 27.9 Å². The molecule has 0 radical (unpaired) electrons. The molecule has 1 unspecified atom stereocenters. The van der Waals surface area contributed by atoms with Crippen LogP contribution in [0.15, 0.2) is 42.5 Å². The molecule has 0 spiro atoms. The Kier molecular flexibility index (Phi) is 9.93. The van der Waals surface area contributed by atoms with E-state index in [0.29, 0.717) is 54.4 Å². The third-order valence-electron chi connectivity index (χ3n) is 6.20. The molecule has 1 aliphatic heterocycles. The van der Waals surface area contributed by atoms with Gasteiger partial charge in [-0.2, -0.15) is 0 Å². The minimum Gasteiger partial charge on any atom is -0.467 e. The SMILES string of the molecule is COC(=O)C(Cc1cccc(F)c1)NC(=O)CC1CCN(C(=O)CCc2ccc(Cl)c(Cl)c2)CC1. The molecule has 1 aliphatic rings. The number of carbonyl (C=O) groups excluding carboxylic acids is 3. The van der Waals surface area contributed by atoms with Crippen molar-refractivity contribution in [1.82, 2.24) is 10.2 Å². The Morgan fingerprint density at radius 2 is 1.83 bits per heavy atom. The fourth-order valence-electron chi connectivity index (χ4n) is 4.24. The third-order valence-corrected chi connectivity index (χ3v) is 6.94. The van der Waals surface area contributed by atoms with Crippen LogP contribution in [0.4, 0.5) is 4.39 Å². The molecule has 1 saturated heterocycles. The molecule has 2 aromatic carbocycles. The van der Waals surface area contributed by atoms with Crippen molar-refractivity contribution < 1.29 is 23.5 Å². The Bertz CT molecular complexity index is 1060. The standard InChI is InChI=1S/C26H29Cl2FN2O4/c1-35-26(34)23(15-19-3-2-4-20(29)13-19)30-24(32)16-18-9-11-31(12-10-18)25(33)8-6-17-5-7-21(27)22(28)14-17/h2-5,7,13-14,18,23H,6,8-12,15-16H2,1H3,(H,30,32). The number of carbonyl (C=O) groups is 3. The molecule has 9 heteroatoms. The molecule has 2 aromatic rings. The van der Waals surface area contributed by atoms with Crippen molar-refractivity contribution in [2.75, 3.05) is 20.2 Å². The van der Waals surface area contributed by atoms with Crippen LogP contribution in [-0.4, -0.2) is 48.9 Å². The second-order valence-electron chi connectivity index (χ2n) is 8.75. The summed E-state index contributed by atoms with van der Waals surface area (Å²) in [4.78, 5) is 39.2. The largest absolute Gasteiger partial charge is 0.467 e. The number of hydrogen-bond acceptors (Lipinski definition) is 4. The number of aryl methyl sites for hydroxylation is 1. The van der Waals surface area contributed by atoms with Gasteiger partial charge in [-0.25, -0.2) is 9.18 Å². The van der Waals surface area contributed by atoms with Crippen LogP contribution in [0.1, 0.15) is 36.8 Å². The summed E-state index contributed by atoms with van der Waals surface area (Å²) in [5, 5.41) is 3.69. The number of esters is 1. The predicted molar refractivity (Wildman–Crippen MR) is 133 cm³/mol. The molecule has 0 aliphatic carbocycles. The minimum atomic E-state index is -0.891. The van der Waals surface area contributed by atoms with E-state index in [9.17, 15) is 18.8 Å². The Labute approximate surface area is 214 Å². The van der Waals surface area contributed by atoms with Crippen molar-refractivity contribution in [3.05, 3.63) is 69.5 Å². The van der Waals surface area contributed by atoms with Crippen LogP contribution in [-0.2, 0) is 32.0 Å². The minimum absolute atomic E-state index is 0.0693. The summed E-state index contributed by atoms with van der Waals surface area (Å²) >= 11 is 12.0. The van der Waals surface area contributed by atoms with Gasteiger partial charge >= 0.3 is 5.97 Å². The Balaban J connectivity index is 1.44. The monoisotopic (exact) mass is 522 g/mol. The first-order valence-electron chi connectivity index (χ1n) is 11.6. The van der Waals surface area contributed by atoms with Crippen LogP contribution >= 0.6 is 23.2 Å². The summed E-state index contributed by atoms with van der Waals surface area (Å²) in [6, 6.07) is 10.4. The fourth-order valence-corrected chi connectivity index (χ4v) is 4.56. The number of amides is 2. The van der Waals surface area contributed by atoms with E-state index in [-0.39, 0.29) is 30.6 Å². The van der Waals surface area contributed by atoms with Crippen molar-refractivity contribution in [3.63, 3.8) is 0 Å². The van der Waals surface area contributed by atoms with Gasteiger partial charge in [0.25, 0.3) is 0 Å². The molecule has 2 amide bonds. The maximum atomic E-state index is 13.5. The van der Waals surface area contributed by atoms with Crippen LogP contribution < -0.4 is 5.32 Å². The molecule has 188 valence electrons. The number of methoxy groups -OCH3 is 1. The van der Waals surface area contributed by atoms with E-state index in [1.165, 1.54) is 19.2 Å². The van der Waals surface area contributed by atoms with Crippen LogP contribution in [0.2, 0.25) is 10.0 Å². The summed E-state index contributed by atoms with van der Waals surface area (Å²) in [6.07, 6.45) is 2.77.